The van der Waals surface area contributed by atoms with Gasteiger partial charge in [0.25, 0.3) is 0 Å². The van der Waals surface area contributed by atoms with Gasteiger partial charge in [0, 0.05) is 19.3 Å². The molecule has 0 amide bonds. The maximum absolute atomic E-state index is 12.8. The Morgan fingerprint density at radius 1 is 0.324 bits per heavy atom. The third-order valence-corrected chi connectivity index (χ3v) is 11.2. The molecular weight excluding hydrogens is 841 g/mol. The minimum Gasteiger partial charge on any atom is -0.462 e. The van der Waals surface area contributed by atoms with E-state index in [-0.39, 0.29) is 50.4 Å². The Kier molecular flexibility index (Phi) is 52.0. The first kappa shape index (κ1) is 63.8. The number of esters is 3. The van der Waals surface area contributed by atoms with Gasteiger partial charge in [-0.05, 0) is 103 Å². The Balaban J connectivity index is 4.59. The molecule has 0 fully saturated rings. The lowest BCUT2D eigenvalue weighted by molar-refractivity contribution is -0.166. The van der Waals surface area contributed by atoms with Crippen LogP contribution in [0.1, 0.15) is 233 Å². The summed E-state index contributed by atoms with van der Waals surface area (Å²) in [7, 11) is 0. The van der Waals surface area contributed by atoms with Crippen molar-refractivity contribution >= 4 is 17.9 Å². The number of carbonyl (C=O) groups excluding carboxylic acids is 3. The van der Waals surface area contributed by atoms with Crippen LogP contribution in [-0.4, -0.2) is 37.2 Å². The molecular formula is C62H100O6. The van der Waals surface area contributed by atoms with E-state index >= 15 is 0 Å². The van der Waals surface area contributed by atoms with Gasteiger partial charge in [0.1, 0.15) is 13.2 Å². The Morgan fingerprint density at radius 3 is 1.04 bits per heavy atom. The molecule has 0 aromatic rings. The number of carbonyl (C=O) groups is 3. The minimum atomic E-state index is -0.843. The predicted octanol–water partition coefficient (Wildman–Crippen LogP) is 18.5. The Labute approximate surface area is 418 Å². The van der Waals surface area contributed by atoms with E-state index in [1.54, 1.807) is 0 Å². The van der Waals surface area contributed by atoms with E-state index in [0.717, 1.165) is 89.9 Å². The maximum Gasteiger partial charge on any atom is 0.306 e. The molecule has 0 bridgehead atoms. The van der Waals surface area contributed by atoms with E-state index in [4.69, 9.17) is 14.2 Å². The lowest BCUT2D eigenvalue weighted by atomic mass is 10.1. The number of unbranched alkanes of at least 4 members (excludes halogenated alkanes) is 18. The summed E-state index contributed by atoms with van der Waals surface area (Å²) in [6.07, 6.45) is 76.4. The van der Waals surface area contributed by atoms with Crippen LogP contribution in [-0.2, 0) is 28.6 Å². The molecule has 0 rings (SSSR count). The van der Waals surface area contributed by atoms with Crippen LogP contribution in [0.4, 0.5) is 0 Å². The Morgan fingerprint density at radius 2 is 0.647 bits per heavy atom. The highest BCUT2D eigenvalue weighted by Gasteiger charge is 2.19. The van der Waals surface area contributed by atoms with Gasteiger partial charge in [-0.2, -0.15) is 0 Å². The standard InChI is InChI=1S/C62H100O6/c1-4-7-10-13-16-19-22-25-27-29-31-33-34-37-40-43-46-49-52-55-61(64)67-58-59(57-66-60(63)54-51-48-45-42-39-36-24-21-18-15-12-9-6-3)68-62(65)56-53-50-47-44-41-38-35-32-30-28-26-23-20-17-14-11-8-5-2/h7,10,16,19,25,27-28,30-33,35-37,39-40,45-46,48-49,59H,4-6,8-9,11-15,17-18,20-24,26,29,34,38,41-44,47,50-58H2,1-3H3/b10-7+,19-16+,27-25+,30-28+,33-31+,35-32+,39-36+,40-37+,48-45+,49-46+. The third kappa shape index (κ3) is 52.8. The van der Waals surface area contributed by atoms with Crippen LogP contribution in [0.5, 0.6) is 0 Å². The van der Waals surface area contributed by atoms with E-state index in [1.807, 2.05) is 18.2 Å². The highest BCUT2D eigenvalue weighted by atomic mass is 16.6. The zero-order chi connectivity index (χ0) is 49.3. The van der Waals surface area contributed by atoms with Crippen LogP contribution in [0.3, 0.4) is 0 Å². The van der Waals surface area contributed by atoms with Gasteiger partial charge in [-0.3, -0.25) is 14.4 Å². The normalized spacial score (nSPS) is 13.0. The second-order valence-electron chi connectivity index (χ2n) is 17.8. The number of hydrogen-bond donors (Lipinski definition) is 0. The van der Waals surface area contributed by atoms with Crippen LogP contribution in [0.25, 0.3) is 0 Å². The first-order valence-corrected chi connectivity index (χ1v) is 27.6. The average molecular weight is 941 g/mol. The summed E-state index contributed by atoms with van der Waals surface area (Å²) < 4.78 is 16.7. The van der Waals surface area contributed by atoms with Gasteiger partial charge in [-0.15, -0.1) is 0 Å². The molecule has 0 aliphatic carbocycles. The zero-order valence-electron chi connectivity index (χ0n) is 43.8. The van der Waals surface area contributed by atoms with Crippen molar-refractivity contribution in [3.8, 4) is 0 Å². The molecule has 1 unspecified atom stereocenters. The molecule has 0 saturated heterocycles. The molecule has 0 saturated carbocycles. The minimum absolute atomic E-state index is 0.141. The topological polar surface area (TPSA) is 78.9 Å². The molecule has 0 aliphatic heterocycles. The molecule has 0 aromatic carbocycles. The van der Waals surface area contributed by atoms with E-state index < -0.39 is 6.10 Å². The van der Waals surface area contributed by atoms with Crippen molar-refractivity contribution in [3.63, 3.8) is 0 Å². The quantitative estimate of drug-likeness (QED) is 0.0199. The zero-order valence-corrected chi connectivity index (χ0v) is 43.8. The van der Waals surface area contributed by atoms with Crippen LogP contribution in [0.15, 0.2) is 122 Å². The van der Waals surface area contributed by atoms with Crippen molar-refractivity contribution in [3.05, 3.63) is 122 Å². The third-order valence-electron chi connectivity index (χ3n) is 11.2. The lowest BCUT2D eigenvalue weighted by Crippen LogP contribution is -2.30. The van der Waals surface area contributed by atoms with Crippen LogP contribution >= 0.6 is 0 Å². The molecule has 384 valence electrons. The van der Waals surface area contributed by atoms with Gasteiger partial charge < -0.3 is 14.2 Å². The molecule has 1 atom stereocenters. The summed E-state index contributed by atoms with van der Waals surface area (Å²) in [4.78, 5) is 38.0. The fraction of sp³-hybridized carbons (Fsp3) is 0.629. The smallest absolute Gasteiger partial charge is 0.306 e. The fourth-order valence-corrected chi connectivity index (χ4v) is 7.10. The first-order chi connectivity index (χ1) is 33.5. The van der Waals surface area contributed by atoms with Gasteiger partial charge in [-0.25, -0.2) is 0 Å². The molecule has 0 spiro atoms. The average Bonchev–Trinajstić information content (AvgIpc) is 3.34. The molecule has 0 radical (unpaired) electrons. The first-order valence-electron chi connectivity index (χ1n) is 27.6. The van der Waals surface area contributed by atoms with Crippen molar-refractivity contribution in [2.24, 2.45) is 0 Å². The number of allylic oxidation sites excluding steroid dienone is 20. The molecule has 0 aromatic heterocycles. The highest BCUT2D eigenvalue weighted by Crippen LogP contribution is 2.12. The van der Waals surface area contributed by atoms with Gasteiger partial charge in [-0.1, -0.05) is 232 Å². The summed E-state index contributed by atoms with van der Waals surface area (Å²) in [6, 6.07) is 0. The van der Waals surface area contributed by atoms with Crippen molar-refractivity contribution in [2.75, 3.05) is 13.2 Å². The maximum atomic E-state index is 12.8. The molecule has 0 aliphatic rings. The van der Waals surface area contributed by atoms with Gasteiger partial charge >= 0.3 is 17.9 Å². The molecule has 6 nitrogen and oxygen atoms in total. The van der Waals surface area contributed by atoms with Crippen molar-refractivity contribution in [1.29, 1.82) is 0 Å². The monoisotopic (exact) mass is 941 g/mol. The Bertz CT molecular complexity index is 1450. The van der Waals surface area contributed by atoms with Crippen molar-refractivity contribution in [2.45, 2.75) is 239 Å². The largest absolute Gasteiger partial charge is 0.462 e. The summed E-state index contributed by atoms with van der Waals surface area (Å²) in [5, 5.41) is 0. The van der Waals surface area contributed by atoms with E-state index in [9.17, 15) is 14.4 Å². The van der Waals surface area contributed by atoms with Gasteiger partial charge in [0.2, 0.25) is 0 Å². The number of hydrogen-bond acceptors (Lipinski definition) is 6. The lowest BCUT2D eigenvalue weighted by Gasteiger charge is -2.18. The molecule has 0 heterocycles. The van der Waals surface area contributed by atoms with Gasteiger partial charge in [0.15, 0.2) is 6.10 Å². The number of ether oxygens (including phenoxy) is 3. The van der Waals surface area contributed by atoms with E-state index in [1.165, 1.54) is 89.9 Å². The number of rotatable bonds is 48. The molecule has 0 N–H and O–H groups in total. The second-order valence-corrected chi connectivity index (χ2v) is 17.8. The summed E-state index contributed by atoms with van der Waals surface area (Å²) in [5.74, 6) is -1.11. The second kappa shape index (κ2) is 55.4. The Hall–Kier alpha value is -4.19. The van der Waals surface area contributed by atoms with E-state index in [0.29, 0.717) is 12.8 Å². The van der Waals surface area contributed by atoms with Crippen LogP contribution in [0, 0.1) is 0 Å². The predicted molar refractivity (Wildman–Crippen MR) is 293 cm³/mol. The highest BCUT2D eigenvalue weighted by molar-refractivity contribution is 5.71. The van der Waals surface area contributed by atoms with Gasteiger partial charge in [0.05, 0.1) is 0 Å². The summed E-state index contributed by atoms with van der Waals surface area (Å²) >= 11 is 0. The SMILES string of the molecule is CC/C=C/C/C=C/C/C=C/C/C=C/C/C=C/C/C=C/CCC(=O)OCC(COC(=O)CC/C=C/C/C=C/CCCCCCCC)OC(=O)CCCCCCC/C=C/C=C/CCCCCCCCC. The fourth-order valence-electron chi connectivity index (χ4n) is 7.10. The molecule has 6 heteroatoms. The van der Waals surface area contributed by atoms with Crippen LogP contribution < -0.4 is 0 Å². The van der Waals surface area contributed by atoms with Crippen molar-refractivity contribution < 1.29 is 28.6 Å². The van der Waals surface area contributed by atoms with Crippen molar-refractivity contribution in [1.82, 2.24) is 0 Å². The summed E-state index contributed by atoms with van der Waals surface area (Å²) in [6.45, 7) is 6.37. The van der Waals surface area contributed by atoms with E-state index in [2.05, 4.69) is 124 Å². The molecule has 68 heavy (non-hydrogen) atoms. The summed E-state index contributed by atoms with van der Waals surface area (Å²) in [5.41, 5.74) is 0. The van der Waals surface area contributed by atoms with Crippen LogP contribution in [0.2, 0.25) is 0 Å².